The Labute approximate surface area is 114 Å². The summed E-state index contributed by atoms with van der Waals surface area (Å²) in [5.41, 5.74) is -0.582. The predicted octanol–water partition coefficient (Wildman–Crippen LogP) is 2.15. The normalized spacial score (nSPS) is 26.2. The second-order valence-electron chi connectivity index (χ2n) is 3.86. The quantitative estimate of drug-likeness (QED) is 0.453. The van der Waals surface area contributed by atoms with Gasteiger partial charge < -0.3 is 9.47 Å². The number of carbonyl (C=O) groups is 2. The summed E-state index contributed by atoms with van der Waals surface area (Å²) < 4.78 is 9.53. The largest absolute Gasteiger partial charge is 0.468 e. The molecule has 0 N–H and O–H groups in total. The van der Waals surface area contributed by atoms with Crippen LogP contribution in [-0.4, -0.2) is 31.0 Å². The summed E-state index contributed by atoms with van der Waals surface area (Å²) >= 11 is 3.39. The predicted molar refractivity (Wildman–Crippen MR) is 71.2 cm³/mol. The van der Waals surface area contributed by atoms with Crippen molar-refractivity contribution >= 4 is 27.9 Å². The minimum absolute atomic E-state index is 0.362. The van der Waals surface area contributed by atoms with Crippen LogP contribution in [0.1, 0.15) is 6.42 Å². The fourth-order valence-electron chi connectivity index (χ4n) is 1.91. The van der Waals surface area contributed by atoms with E-state index in [1.165, 1.54) is 14.2 Å². The molecule has 0 aromatic rings. The number of allylic oxidation sites excluding steroid dienone is 3. The van der Waals surface area contributed by atoms with Crippen LogP contribution in [0.3, 0.4) is 0 Å². The van der Waals surface area contributed by atoms with Gasteiger partial charge in [0.05, 0.1) is 24.6 Å². The Balaban J connectivity index is 3.20. The van der Waals surface area contributed by atoms with Gasteiger partial charge in [-0.25, -0.2) is 4.79 Å². The molecule has 0 aromatic carbocycles. The Kier molecular flexibility index (Phi) is 4.90. The Morgan fingerprint density at radius 3 is 2.67 bits per heavy atom. The highest BCUT2D eigenvalue weighted by Gasteiger charge is 2.47. The molecule has 18 heavy (non-hydrogen) atoms. The van der Waals surface area contributed by atoms with Gasteiger partial charge >= 0.3 is 11.9 Å². The molecule has 0 aromatic heterocycles. The SMILES string of the molecule is C=CCC1(C(=O)OC)C=CC=C(C(=O)OC)C1Br. The number of hydrogen-bond donors (Lipinski definition) is 0. The zero-order chi connectivity index (χ0) is 13.8. The summed E-state index contributed by atoms with van der Waals surface area (Å²) in [5, 5.41) is 0. The van der Waals surface area contributed by atoms with Gasteiger partial charge in [0, 0.05) is 0 Å². The molecule has 98 valence electrons. The Bertz CT molecular complexity index is 425. The summed E-state index contributed by atoms with van der Waals surface area (Å²) in [4.78, 5) is 23.2. The summed E-state index contributed by atoms with van der Waals surface area (Å²) in [6, 6.07) is 0. The van der Waals surface area contributed by atoms with Crippen LogP contribution in [0.5, 0.6) is 0 Å². The maximum absolute atomic E-state index is 12.0. The molecule has 0 amide bonds. The molecular weight excluding hydrogens is 300 g/mol. The fourth-order valence-corrected chi connectivity index (χ4v) is 2.78. The van der Waals surface area contributed by atoms with E-state index in [0.29, 0.717) is 12.0 Å². The van der Waals surface area contributed by atoms with Gasteiger partial charge in [-0.3, -0.25) is 4.79 Å². The Morgan fingerprint density at radius 1 is 1.50 bits per heavy atom. The minimum Gasteiger partial charge on any atom is -0.468 e. The van der Waals surface area contributed by atoms with Crippen molar-refractivity contribution < 1.29 is 19.1 Å². The van der Waals surface area contributed by atoms with E-state index < -0.39 is 22.2 Å². The third-order valence-corrected chi connectivity index (χ3v) is 4.17. The molecule has 0 heterocycles. The van der Waals surface area contributed by atoms with Crippen molar-refractivity contribution in [3.05, 3.63) is 36.5 Å². The molecule has 0 fully saturated rings. The van der Waals surface area contributed by atoms with Gasteiger partial charge in [-0.05, 0) is 6.42 Å². The second-order valence-corrected chi connectivity index (χ2v) is 4.78. The summed E-state index contributed by atoms with van der Waals surface area (Å²) in [5.74, 6) is -0.895. The molecule has 5 heteroatoms. The van der Waals surface area contributed by atoms with Gasteiger partial charge in [0.25, 0.3) is 0 Å². The molecule has 0 saturated carbocycles. The van der Waals surface area contributed by atoms with Crippen LogP contribution in [-0.2, 0) is 19.1 Å². The second kappa shape index (κ2) is 6.00. The van der Waals surface area contributed by atoms with Gasteiger partial charge in [-0.2, -0.15) is 0 Å². The van der Waals surface area contributed by atoms with Crippen molar-refractivity contribution in [2.75, 3.05) is 14.2 Å². The van der Waals surface area contributed by atoms with Crippen molar-refractivity contribution in [3.63, 3.8) is 0 Å². The molecular formula is C13H15BrO4. The summed E-state index contributed by atoms with van der Waals surface area (Å²) in [7, 11) is 2.62. The first-order chi connectivity index (χ1) is 8.53. The third kappa shape index (κ3) is 2.41. The first-order valence-electron chi connectivity index (χ1n) is 5.34. The highest BCUT2D eigenvalue weighted by molar-refractivity contribution is 9.09. The molecule has 1 rings (SSSR count). The van der Waals surface area contributed by atoms with Crippen LogP contribution >= 0.6 is 15.9 Å². The van der Waals surface area contributed by atoms with E-state index in [9.17, 15) is 9.59 Å². The first kappa shape index (κ1) is 14.7. The van der Waals surface area contributed by atoms with Crippen LogP contribution in [0, 0.1) is 5.41 Å². The topological polar surface area (TPSA) is 52.6 Å². The average molecular weight is 315 g/mol. The van der Waals surface area contributed by atoms with Gasteiger partial charge in [0.15, 0.2) is 0 Å². The maximum Gasteiger partial charge on any atom is 0.334 e. The lowest BCUT2D eigenvalue weighted by molar-refractivity contribution is -0.149. The fraction of sp³-hybridized carbons (Fsp3) is 0.385. The highest BCUT2D eigenvalue weighted by atomic mass is 79.9. The van der Waals surface area contributed by atoms with Crippen LogP contribution in [0.2, 0.25) is 0 Å². The highest BCUT2D eigenvalue weighted by Crippen LogP contribution is 2.42. The van der Waals surface area contributed by atoms with Crippen molar-refractivity contribution in [1.82, 2.24) is 0 Å². The molecule has 0 saturated heterocycles. The molecule has 0 aliphatic heterocycles. The van der Waals surface area contributed by atoms with Crippen LogP contribution in [0.15, 0.2) is 36.5 Å². The number of ether oxygens (including phenoxy) is 2. The minimum atomic E-state index is -0.964. The zero-order valence-corrected chi connectivity index (χ0v) is 11.9. The van der Waals surface area contributed by atoms with Gasteiger partial charge in [0.2, 0.25) is 0 Å². The molecule has 1 aliphatic carbocycles. The van der Waals surface area contributed by atoms with Gasteiger partial charge in [-0.1, -0.05) is 40.2 Å². The lowest BCUT2D eigenvalue weighted by Gasteiger charge is -2.34. The van der Waals surface area contributed by atoms with E-state index in [-0.39, 0.29) is 0 Å². The lowest BCUT2D eigenvalue weighted by Crippen LogP contribution is -2.42. The van der Waals surface area contributed by atoms with Crippen LogP contribution < -0.4 is 0 Å². The zero-order valence-electron chi connectivity index (χ0n) is 10.3. The summed E-state index contributed by atoms with van der Waals surface area (Å²) in [6.07, 6.45) is 6.97. The molecule has 2 atom stereocenters. The molecule has 0 bridgehead atoms. The molecule has 2 unspecified atom stereocenters. The monoisotopic (exact) mass is 314 g/mol. The Morgan fingerprint density at radius 2 is 2.17 bits per heavy atom. The van der Waals surface area contributed by atoms with E-state index in [0.717, 1.165) is 0 Å². The van der Waals surface area contributed by atoms with E-state index in [1.54, 1.807) is 24.3 Å². The standard InChI is InChI=1S/C13H15BrO4/c1-4-7-13(12(16)18-3)8-5-6-9(10(13)14)11(15)17-2/h4-6,8,10H,1,7H2,2-3H3. The van der Waals surface area contributed by atoms with E-state index >= 15 is 0 Å². The van der Waals surface area contributed by atoms with Gasteiger partial charge in [0.1, 0.15) is 5.41 Å². The number of alkyl halides is 1. The van der Waals surface area contributed by atoms with Gasteiger partial charge in [-0.15, -0.1) is 6.58 Å². The van der Waals surface area contributed by atoms with E-state index in [1.807, 2.05) is 0 Å². The van der Waals surface area contributed by atoms with Crippen molar-refractivity contribution in [1.29, 1.82) is 0 Å². The number of halogens is 1. The smallest absolute Gasteiger partial charge is 0.334 e. The summed E-state index contributed by atoms with van der Waals surface area (Å²) in [6.45, 7) is 3.64. The number of esters is 2. The molecule has 1 aliphatic rings. The van der Waals surface area contributed by atoms with Crippen molar-refractivity contribution in [3.8, 4) is 0 Å². The number of methoxy groups -OCH3 is 2. The molecule has 0 spiro atoms. The molecule has 4 nitrogen and oxygen atoms in total. The first-order valence-corrected chi connectivity index (χ1v) is 6.26. The number of rotatable bonds is 4. The average Bonchev–Trinajstić information content (AvgIpc) is 2.39. The van der Waals surface area contributed by atoms with E-state index in [2.05, 4.69) is 22.5 Å². The van der Waals surface area contributed by atoms with Crippen molar-refractivity contribution in [2.24, 2.45) is 5.41 Å². The van der Waals surface area contributed by atoms with Crippen molar-refractivity contribution in [2.45, 2.75) is 11.2 Å². The number of carbonyl (C=O) groups excluding carboxylic acids is 2. The maximum atomic E-state index is 12.0. The Hall–Kier alpha value is -1.36. The number of hydrogen-bond acceptors (Lipinski definition) is 4. The van der Waals surface area contributed by atoms with Crippen LogP contribution in [0.25, 0.3) is 0 Å². The third-order valence-electron chi connectivity index (χ3n) is 2.86. The molecule has 0 radical (unpaired) electrons. The van der Waals surface area contributed by atoms with E-state index in [4.69, 9.17) is 9.47 Å². The van der Waals surface area contributed by atoms with Crippen LogP contribution in [0.4, 0.5) is 0 Å². The lowest BCUT2D eigenvalue weighted by atomic mass is 9.75.